The molecule has 29 heavy (non-hydrogen) atoms. The van der Waals surface area contributed by atoms with E-state index >= 15 is 0 Å². The third-order valence-electron chi connectivity index (χ3n) is 3.71. The summed E-state index contributed by atoms with van der Waals surface area (Å²) in [6.45, 7) is -0.320. The van der Waals surface area contributed by atoms with Crippen LogP contribution in [0.5, 0.6) is 0 Å². The molecule has 0 fully saturated rings. The number of halogens is 3. The summed E-state index contributed by atoms with van der Waals surface area (Å²) in [6, 6.07) is 13.6. The van der Waals surface area contributed by atoms with Crippen molar-refractivity contribution in [2.45, 2.75) is 0 Å². The molecule has 3 rings (SSSR count). The van der Waals surface area contributed by atoms with Crippen molar-refractivity contribution in [1.82, 2.24) is 10.7 Å². The molecule has 0 bridgehead atoms. The molecule has 148 valence electrons. The molecule has 2 amide bonds. The predicted molar refractivity (Wildman–Crippen MR) is 109 cm³/mol. The standard InChI is InChI=1S/C20H14Cl2FN3O3/c21-16-6-4-12(9-17(16)22)18-7-5-15(29-18)10-25-26-19(27)11-24-20(28)13-2-1-3-14(23)8-13/h1-10H,11H2,(H,24,28)(H,26,27)/b25-10+. The third-order valence-corrected chi connectivity index (χ3v) is 4.45. The highest BCUT2D eigenvalue weighted by atomic mass is 35.5. The normalized spacial score (nSPS) is 10.9. The highest BCUT2D eigenvalue weighted by Crippen LogP contribution is 2.29. The minimum atomic E-state index is -0.569. The van der Waals surface area contributed by atoms with Crippen LogP contribution in [0.15, 0.2) is 64.1 Å². The summed E-state index contributed by atoms with van der Waals surface area (Å²) in [7, 11) is 0. The van der Waals surface area contributed by atoms with Crippen molar-refractivity contribution in [2.24, 2.45) is 5.10 Å². The quantitative estimate of drug-likeness (QED) is 0.449. The Morgan fingerprint density at radius 1 is 1.07 bits per heavy atom. The van der Waals surface area contributed by atoms with Crippen molar-refractivity contribution in [3.05, 3.63) is 81.8 Å². The van der Waals surface area contributed by atoms with Gasteiger partial charge in [-0.15, -0.1) is 0 Å². The maximum atomic E-state index is 13.1. The summed E-state index contributed by atoms with van der Waals surface area (Å²) in [6.07, 6.45) is 1.31. The van der Waals surface area contributed by atoms with Crippen LogP contribution in [0.1, 0.15) is 16.1 Å². The zero-order valence-corrected chi connectivity index (χ0v) is 16.3. The first-order valence-corrected chi connectivity index (χ1v) is 9.09. The molecule has 0 saturated heterocycles. The zero-order valence-electron chi connectivity index (χ0n) is 14.8. The summed E-state index contributed by atoms with van der Waals surface area (Å²) >= 11 is 11.9. The first-order valence-electron chi connectivity index (χ1n) is 8.33. The molecule has 0 aliphatic carbocycles. The number of amides is 2. The Labute approximate surface area is 175 Å². The fraction of sp³-hybridized carbons (Fsp3) is 0.0500. The van der Waals surface area contributed by atoms with Gasteiger partial charge in [0.25, 0.3) is 11.8 Å². The van der Waals surface area contributed by atoms with Gasteiger partial charge >= 0.3 is 0 Å². The number of nitrogens with one attached hydrogen (secondary N) is 2. The Morgan fingerprint density at radius 3 is 2.66 bits per heavy atom. The molecule has 0 radical (unpaired) electrons. The minimum Gasteiger partial charge on any atom is -0.455 e. The predicted octanol–water partition coefficient (Wildman–Crippen LogP) is 4.27. The third kappa shape index (κ3) is 5.66. The Bertz CT molecular complexity index is 1080. The molecule has 3 aromatic rings. The van der Waals surface area contributed by atoms with Crippen LogP contribution in [-0.2, 0) is 4.79 Å². The lowest BCUT2D eigenvalue weighted by Gasteiger charge is -2.04. The molecule has 9 heteroatoms. The lowest BCUT2D eigenvalue weighted by molar-refractivity contribution is -0.120. The van der Waals surface area contributed by atoms with Gasteiger partial charge in [-0.2, -0.15) is 5.10 Å². The van der Waals surface area contributed by atoms with Crippen molar-refractivity contribution in [3.63, 3.8) is 0 Å². The largest absolute Gasteiger partial charge is 0.455 e. The topological polar surface area (TPSA) is 83.7 Å². The van der Waals surface area contributed by atoms with E-state index in [4.69, 9.17) is 27.6 Å². The summed E-state index contributed by atoms with van der Waals surface area (Å²) in [5, 5.41) is 6.99. The Hall–Kier alpha value is -3.16. The highest BCUT2D eigenvalue weighted by Gasteiger charge is 2.09. The first-order chi connectivity index (χ1) is 13.9. The summed E-state index contributed by atoms with van der Waals surface area (Å²) in [5.41, 5.74) is 3.11. The maximum absolute atomic E-state index is 13.1. The summed E-state index contributed by atoms with van der Waals surface area (Å²) in [4.78, 5) is 23.6. The second-order valence-electron chi connectivity index (χ2n) is 5.82. The summed E-state index contributed by atoms with van der Waals surface area (Å²) in [5.74, 6) is -0.706. The number of benzene rings is 2. The van der Waals surface area contributed by atoms with Crippen LogP contribution in [0.2, 0.25) is 10.0 Å². The van der Waals surface area contributed by atoms with Crippen LogP contribution in [0.4, 0.5) is 4.39 Å². The molecule has 0 aliphatic heterocycles. The molecule has 6 nitrogen and oxygen atoms in total. The van der Waals surface area contributed by atoms with E-state index in [0.717, 1.165) is 11.6 Å². The van der Waals surface area contributed by atoms with E-state index < -0.39 is 17.6 Å². The molecular weight excluding hydrogens is 420 g/mol. The van der Waals surface area contributed by atoms with Crippen LogP contribution in [0, 0.1) is 5.82 Å². The van der Waals surface area contributed by atoms with E-state index in [1.807, 2.05) is 0 Å². The maximum Gasteiger partial charge on any atom is 0.259 e. The number of hydrogen-bond donors (Lipinski definition) is 2. The van der Waals surface area contributed by atoms with Crippen LogP contribution in [0.3, 0.4) is 0 Å². The molecule has 1 heterocycles. The van der Waals surface area contributed by atoms with Crippen molar-refractivity contribution < 1.29 is 18.4 Å². The smallest absolute Gasteiger partial charge is 0.259 e. The second-order valence-corrected chi connectivity index (χ2v) is 6.63. The number of rotatable bonds is 6. The molecule has 0 unspecified atom stereocenters. The Kier molecular flexibility index (Phi) is 6.64. The van der Waals surface area contributed by atoms with Gasteiger partial charge in [-0.3, -0.25) is 9.59 Å². The molecule has 1 aromatic heterocycles. The van der Waals surface area contributed by atoms with Gasteiger partial charge in [0.05, 0.1) is 22.8 Å². The molecule has 0 saturated carbocycles. The van der Waals surface area contributed by atoms with Gasteiger partial charge < -0.3 is 9.73 Å². The number of nitrogens with zero attached hydrogens (tertiary/aromatic N) is 1. The van der Waals surface area contributed by atoms with E-state index in [2.05, 4.69) is 15.8 Å². The average molecular weight is 434 g/mol. The van der Waals surface area contributed by atoms with E-state index in [9.17, 15) is 14.0 Å². The first kappa shape index (κ1) is 20.6. The van der Waals surface area contributed by atoms with Crippen molar-refractivity contribution in [3.8, 4) is 11.3 Å². The van der Waals surface area contributed by atoms with Crippen molar-refractivity contribution in [1.29, 1.82) is 0 Å². The second kappa shape index (κ2) is 9.36. The van der Waals surface area contributed by atoms with Gasteiger partial charge in [-0.25, -0.2) is 9.82 Å². The molecule has 2 aromatic carbocycles. The van der Waals surface area contributed by atoms with Gasteiger partial charge in [0, 0.05) is 11.1 Å². The Morgan fingerprint density at radius 2 is 1.90 bits per heavy atom. The SMILES string of the molecule is O=C(CNC(=O)c1cccc(F)c1)N/N=C/c1ccc(-c2ccc(Cl)c(Cl)c2)o1. The van der Waals surface area contributed by atoms with E-state index in [1.54, 1.807) is 30.3 Å². The number of hydrogen-bond acceptors (Lipinski definition) is 4. The number of hydrazone groups is 1. The lowest BCUT2D eigenvalue weighted by Crippen LogP contribution is -2.34. The molecule has 2 N–H and O–H groups in total. The zero-order chi connectivity index (χ0) is 20.8. The van der Waals surface area contributed by atoms with Crippen LogP contribution in [-0.4, -0.2) is 24.6 Å². The van der Waals surface area contributed by atoms with Gasteiger partial charge in [-0.05, 0) is 48.5 Å². The highest BCUT2D eigenvalue weighted by molar-refractivity contribution is 6.42. The van der Waals surface area contributed by atoms with Gasteiger partial charge in [0.15, 0.2) is 0 Å². The molecule has 0 spiro atoms. The number of carbonyl (C=O) groups excluding carboxylic acids is 2. The van der Waals surface area contributed by atoms with E-state index in [0.29, 0.717) is 21.6 Å². The monoisotopic (exact) mass is 433 g/mol. The molecule has 0 aliphatic rings. The fourth-order valence-electron chi connectivity index (χ4n) is 2.33. The number of furan rings is 1. The van der Waals surface area contributed by atoms with E-state index in [-0.39, 0.29) is 12.1 Å². The van der Waals surface area contributed by atoms with Gasteiger partial charge in [0.2, 0.25) is 0 Å². The van der Waals surface area contributed by atoms with Crippen LogP contribution >= 0.6 is 23.2 Å². The van der Waals surface area contributed by atoms with Crippen molar-refractivity contribution in [2.75, 3.05) is 6.54 Å². The van der Waals surface area contributed by atoms with Gasteiger partial charge in [-0.1, -0.05) is 29.3 Å². The molecular formula is C20H14Cl2FN3O3. The van der Waals surface area contributed by atoms with E-state index in [1.165, 1.54) is 24.4 Å². The lowest BCUT2D eigenvalue weighted by atomic mass is 10.2. The van der Waals surface area contributed by atoms with Gasteiger partial charge in [0.1, 0.15) is 17.3 Å². The number of carbonyl (C=O) groups is 2. The molecule has 0 atom stereocenters. The Balaban J connectivity index is 1.51. The van der Waals surface area contributed by atoms with Crippen LogP contribution in [0.25, 0.3) is 11.3 Å². The fourth-order valence-corrected chi connectivity index (χ4v) is 2.62. The average Bonchev–Trinajstić information content (AvgIpc) is 3.17. The van der Waals surface area contributed by atoms with Crippen LogP contribution < -0.4 is 10.7 Å². The van der Waals surface area contributed by atoms with Crippen molar-refractivity contribution >= 4 is 41.2 Å². The summed E-state index contributed by atoms with van der Waals surface area (Å²) < 4.78 is 18.7. The minimum absolute atomic E-state index is 0.117.